The first-order valence-electron chi connectivity index (χ1n) is 9.56. The molecule has 3 N–H and O–H groups in total. The summed E-state index contributed by atoms with van der Waals surface area (Å²) in [6.07, 6.45) is 5.00. The van der Waals surface area contributed by atoms with Gasteiger partial charge < -0.3 is 20.7 Å². The molecule has 2 aromatic carbocycles. The third-order valence-electron chi connectivity index (χ3n) is 5.76. The van der Waals surface area contributed by atoms with Gasteiger partial charge in [0, 0.05) is 11.6 Å². The van der Waals surface area contributed by atoms with Crippen LogP contribution in [-0.2, 0) is 6.42 Å². The van der Waals surface area contributed by atoms with E-state index in [1.165, 1.54) is 6.21 Å². The third kappa shape index (κ3) is 3.12. The van der Waals surface area contributed by atoms with Crippen molar-refractivity contribution in [3.8, 4) is 0 Å². The molecule has 0 radical (unpaired) electrons. The van der Waals surface area contributed by atoms with Crippen LogP contribution >= 0.6 is 0 Å². The number of nitrogens with one attached hydrogen (secondary N) is 2. The second kappa shape index (κ2) is 7.16. The fourth-order valence-corrected chi connectivity index (χ4v) is 4.37. The minimum absolute atomic E-state index is 0.0258. The normalized spacial score (nSPS) is 22.3. The van der Waals surface area contributed by atoms with Crippen molar-refractivity contribution >= 4 is 28.6 Å². The number of aliphatic hydroxyl groups excluding tert-OH is 1. The van der Waals surface area contributed by atoms with Crippen LogP contribution in [0.1, 0.15) is 41.6 Å². The minimum atomic E-state index is -0.455. The standard InChI is InChI=1S/C22H25N3O2/c1-14(12-23)10-15-11-18-21(17-7-3-2-6-16(15)17)24-13-25(22(18)27)19-8-4-5-9-20(19)26/h2-3,6-7,11-12,19-20,23-24,26H,1,4-5,8-10,13H2/t19-,20-/m0/s1. The van der Waals surface area contributed by atoms with E-state index in [9.17, 15) is 9.90 Å². The van der Waals surface area contributed by atoms with Crippen molar-refractivity contribution in [2.45, 2.75) is 44.2 Å². The maximum atomic E-state index is 13.3. The lowest BCUT2D eigenvalue weighted by molar-refractivity contribution is 0.0192. The van der Waals surface area contributed by atoms with E-state index >= 15 is 0 Å². The number of fused-ring (bicyclic) bond motifs is 3. The molecule has 1 heterocycles. The van der Waals surface area contributed by atoms with Crippen LogP contribution in [0.2, 0.25) is 0 Å². The van der Waals surface area contributed by atoms with Crippen LogP contribution in [0.3, 0.4) is 0 Å². The number of carbonyl (C=O) groups excluding carboxylic acids is 1. The summed E-state index contributed by atoms with van der Waals surface area (Å²) in [7, 11) is 0. The van der Waals surface area contributed by atoms with Gasteiger partial charge in [0.25, 0.3) is 5.91 Å². The molecule has 1 aliphatic heterocycles. The molecular weight excluding hydrogens is 338 g/mol. The van der Waals surface area contributed by atoms with Crippen LogP contribution < -0.4 is 5.32 Å². The molecule has 5 heteroatoms. The zero-order valence-electron chi connectivity index (χ0n) is 15.4. The number of nitrogens with zero attached hydrogens (tertiary/aromatic N) is 1. The number of hydrogen-bond acceptors (Lipinski definition) is 4. The molecule has 0 aromatic heterocycles. The van der Waals surface area contributed by atoms with Crippen molar-refractivity contribution in [2.75, 3.05) is 12.0 Å². The first kappa shape index (κ1) is 17.7. The Morgan fingerprint density at radius 3 is 2.78 bits per heavy atom. The third-order valence-corrected chi connectivity index (χ3v) is 5.76. The molecule has 1 aliphatic carbocycles. The molecule has 0 saturated heterocycles. The highest BCUT2D eigenvalue weighted by atomic mass is 16.3. The number of amides is 1. The van der Waals surface area contributed by atoms with E-state index in [4.69, 9.17) is 5.41 Å². The van der Waals surface area contributed by atoms with Gasteiger partial charge >= 0.3 is 0 Å². The number of hydrogen-bond donors (Lipinski definition) is 3. The summed E-state index contributed by atoms with van der Waals surface area (Å²) in [5.74, 6) is -0.0258. The van der Waals surface area contributed by atoms with Crippen molar-refractivity contribution in [3.05, 3.63) is 53.6 Å². The Kier molecular flexibility index (Phi) is 4.70. The molecule has 0 spiro atoms. The van der Waals surface area contributed by atoms with Crippen LogP contribution in [0, 0.1) is 5.41 Å². The Hall–Kier alpha value is -2.66. The second-order valence-electron chi connectivity index (χ2n) is 7.51. The van der Waals surface area contributed by atoms with Crippen molar-refractivity contribution < 1.29 is 9.90 Å². The zero-order valence-corrected chi connectivity index (χ0v) is 15.4. The summed E-state index contributed by atoms with van der Waals surface area (Å²) in [4.78, 5) is 15.1. The highest BCUT2D eigenvalue weighted by molar-refractivity contribution is 6.11. The van der Waals surface area contributed by atoms with E-state index in [-0.39, 0.29) is 11.9 Å². The summed E-state index contributed by atoms with van der Waals surface area (Å²) in [6.45, 7) is 4.34. The highest BCUT2D eigenvalue weighted by Gasteiger charge is 2.36. The predicted molar refractivity (Wildman–Crippen MR) is 108 cm³/mol. The van der Waals surface area contributed by atoms with Gasteiger partial charge in [-0.25, -0.2) is 0 Å². The van der Waals surface area contributed by atoms with Gasteiger partial charge in [0.05, 0.1) is 30.1 Å². The van der Waals surface area contributed by atoms with Crippen molar-refractivity contribution in [1.29, 1.82) is 5.41 Å². The van der Waals surface area contributed by atoms with Gasteiger partial charge in [-0.2, -0.15) is 0 Å². The fourth-order valence-electron chi connectivity index (χ4n) is 4.37. The van der Waals surface area contributed by atoms with Gasteiger partial charge in [0.1, 0.15) is 0 Å². The number of anilines is 1. The first-order valence-corrected chi connectivity index (χ1v) is 9.56. The van der Waals surface area contributed by atoms with Gasteiger partial charge in [-0.1, -0.05) is 43.7 Å². The quantitative estimate of drug-likeness (QED) is 0.725. The average Bonchev–Trinajstić information content (AvgIpc) is 2.69. The summed E-state index contributed by atoms with van der Waals surface area (Å²) >= 11 is 0. The van der Waals surface area contributed by atoms with Crippen LogP contribution in [-0.4, -0.2) is 40.9 Å². The number of allylic oxidation sites excluding steroid dienone is 1. The Labute approximate surface area is 159 Å². The molecule has 5 nitrogen and oxygen atoms in total. The summed E-state index contributed by atoms with van der Waals surface area (Å²) in [5, 5.41) is 23.4. The Balaban J connectivity index is 1.78. The van der Waals surface area contributed by atoms with Crippen molar-refractivity contribution in [2.24, 2.45) is 0 Å². The van der Waals surface area contributed by atoms with Gasteiger partial charge in [0.15, 0.2) is 0 Å². The van der Waals surface area contributed by atoms with Crippen molar-refractivity contribution in [1.82, 2.24) is 4.90 Å². The number of benzene rings is 2. The maximum absolute atomic E-state index is 13.3. The van der Waals surface area contributed by atoms with E-state index in [2.05, 4.69) is 11.9 Å². The summed E-state index contributed by atoms with van der Waals surface area (Å²) in [5.41, 5.74) is 3.21. The zero-order chi connectivity index (χ0) is 19.0. The van der Waals surface area contributed by atoms with E-state index in [0.29, 0.717) is 24.2 Å². The predicted octanol–water partition coefficient (Wildman–Crippen LogP) is 3.72. The van der Waals surface area contributed by atoms with Crippen LogP contribution in [0.25, 0.3) is 10.8 Å². The highest BCUT2D eigenvalue weighted by Crippen LogP contribution is 2.36. The lowest BCUT2D eigenvalue weighted by Gasteiger charge is -2.40. The van der Waals surface area contributed by atoms with Crippen molar-refractivity contribution in [3.63, 3.8) is 0 Å². The van der Waals surface area contributed by atoms with Crippen LogP contribution in [0.5, 0.6) is 0 Å². The van der Waals surface area contributed by atoms with E-state index in [0.717, 1.165) is 47.7 Å². The van der Waals surface area contributed by atoms with Gasteiger partial charge in [-0.05, 0) is 41.9 Å². The lowest BCUT2D eigenvalue weighted by Crippen LogP contribution is -2.52. The molecule has 4 rings (SSSR count). The van der Waals surface area contributed by atoms with Gasteiger partial charge in [-0.15, -0.1) is 0 Å². The molecule has 0 bridgehead atoms. The smallest absolute Gasteiger partial charge is 0.257 e. The van der Waals surface area contributed by atoms with Gasteiger partial charge in [0.2, 0.25) is 0 Å². The first-order chi connectivity index (χ1) is 13.1. The second-order valence-corrected chi connectivity index (χ2v) is 7.51. The fraction of sp³-hybridized carbons (Fsp3) is 0.364. The molecule has 2 aromatic rings. The summed E-state index contributed by atoms with van der Waals surface area (Å²) in [6, 6.07) is 9.84. The van der Waals surface area contributed by atoms with Gasteiger partial charge in [-0.3, -0.25) is 4.79 Å². The molecule has 1 fully saturated rings. The summed E-state index contributed by atoms with van der Waals surface area (Å²) < 4.78 is 0. The largest absolute Gasteiger partial charge is 0.391 e. The van der Waals surface area contributed by atoms with E-state index in [1.54, 1.807) is 4.90 Å². The van der Waals surface area contributed by atoms with Crippen LogP contribution in [0.15, 0.2) is 42.5 Å². The van der Waals surface area contributed by atoms with E-state index in [1.807, 2.05) is 30.3 Å². The minimum Gasteiger partial charge on any atom is -0.391 e. The Morgan fingerprint density at radius 2 is 2.04 bits per heavy atom. The monoisotopic (exact) mass is 363 g/mol. The average molecular weight is 363 g/mol. The Bertz CT molecular complexity index is 921. The molecule has 27 heavy (non-hydrogen) atoms. The molecule has 2 atom stereocenters. The van der Waals surface area contributed by atoms with E-state index < -0.39 is 6.10 Å². The topological polar surface area (TPSA) is 76.4 Å². The molecule has 2 aliphatic rings. The SMILES string of the molecule is C=C(C=N)Cc1cc2c(c3ccccc13)NCN([C@H]1CCCC[C@@H]1O)C2=O. The molecule has 140 valence electrons. The number of rotatable bonds is 4. The molecule has 1 amide bonds. The molecular formula is C22H25N3O2. The molecule has 0 unspecified atom stereocenters. The number of aliphatic hydroxyl groups is 1. The lowest BCUT2D eigenvalue weighted by atomic mass is 9.89. The number of carbonyl (C=O) groups is 1. The Morgan fingerprint density at radius 1 is 1.30 bits per heavy atom. The van der Waals surface area contributed by atoms with Crippen LogP contribution in [0.4, 0.5) is 5.69 Å². The maximum Gasteiger partial charge on any atom is 0.257 e. The molecule has 1 saturated carbocycles.